The molecule has 0 saturated carbocycles. The van der Waals surface area contributed by atoms with Gasteiger partial charge in [-0.1, -0.05) is 53.8 Å². The fourth-order valence-electron chi connectivity index (χ4n) is 2.30. The molecule has 3 rings (SSSR count). The largest absolute Gasteiger partial charge is 0.462 e. The molecule has 5 heteroatoms. The summed E-state index contributed by atoms with van der Waals surface area (Å²) < 4.78 is 5.03. The molecule has 0 spiro atoms. The van der Waals surface area contributed by atoms with E-state index < -0.39 is 5.97 Å². The number of hydrogen-bond donors (Lipinski definition) is 1. The molecule has 0 aliphatic carbocycles. The molecular formula is C16H13NO3S. The SMILES string of the molecule is CCOC(=O)c1sc(=O)[nH]c1-c1cccc2ccccc12. The summed E-state index contributed by atoms with van der Waals surface area (Å²) in [5.41, 5.74) is 1.36. The van der Waals surface area contributed by atoms with E-state index in [4.69, 9.17) is 4.74 Å². The summed E-state index contributed by atoms with van der Waals surface area (Å²) in [6.45, 7) is 2.02. The zero-order chi connectivity index (χ0) is 14.8. The number of ether oxygens (including phenoxy) is 1. The second-order valence-electron chi connectivity index (χ2n) is 4.47. The summed E-state index contributed by atoms with van der Waals surface area (Å²) in [5, 5.41) is 2.04. The van der Waals surface area contributed by atoms with E-state index in [0.29, 0.717) is 10.6 Å². The average Bonchev–Trinajstić information content (AvgIpc) is 2.89. The van der Waals surface area contributed by atoms with E-state index in [2.05, 4.69) is 4.98 Å². The minimum absolute atomic E-state index is 0.263. The minimum atomic E-state index is -0.469. The zero-order valence-corrected chi connectivity index (χ0v) is 12.2. The topological polar surface area (TPSA) is 59.2 Å². The lowest BCUT2D eigenvalue weighted by Gasteiger charge is -2.07. The highest BCUT2D eigenvalue weighted by molar-refractivity contribution is 7.11. The number of thiazole rings is 1. The van der Waals surface area contributed by atoms with E-state index in [9.17, 15) is 9.59 Å². The molecule has 2 aromatic carbocycles. The maximum Gasteiger partial charge on any atom is 0.350 e. The Labute approximate surface area is 125 Å². The van der Waals surface area contributed by atoms with Crippen molar-refractivity contribution in [1.82, 2.24) is 4.98 Å². The fraction of sp³-hybridized carbons (Fsp3) is 0.125. The third kappa shape index (κ3) is 2.48. The van der Waals surface area contributed by atoms with Gasteiger partial charge in [-0.15, -0.1) is 0 Å². The summed E-state index contributed by atoms with van der Waals surface area (Å²) in [4.78, 5) is 26.5. The first-order valence-electron chi connectivity index (χ1n) is 6.59. The summed E-state index contributed by atoms with van der Waals surface area (Å²) in [5.74, 6) is -0.469. The van der Waals surface area contributed by atoms with Crippen LogP contribution in [0, 0.1) is 0 Å². The summed E-state index contributed by atoms with van der Waals surface area (Å²) in [6, 6.07) is 13.6. The van der Waals surface area contributed by atoms with Gasteiger partial charge in [0.15, 0.2) is 0 Å². The van der Waals surface area contributed by atoms with Crippen molar-refractivity contribution in [2.45, 2.75) is 6.92 Å². The molecule has 106 valence electrons. The first-order valence-corrected chi connectivity index (χ1v) is 7.40. The van der Waals surface area contributed by atoms with Crippen molar-refractivity contribution in [2.24, 2.45) is 0 Å². The van der Waals surface area contributed by atoms with Crippen LogP contribution >= 0.6 is 11.3 Å². The standard InChI is InChI=1S/C16H13NO3S/c1-2-20-15(18)14-13(17-16(19)21-14)12-9-5-7-10-6-3-4-8-11(10)12/h3-9H,2H2,1H3,(H,17,19). The van der Waals surface area contributed by atoms with Gasteiger partial charge in [-0.3, -0.25) is 4.79 Å². The minimum Gasteiger partial charge on any atom is -0.462 e. The summed E-state index contributed by atoms with van der Waals surface area (Å²) >= 11 is 0.880. The van der Waals surface area contributed by atoms with Gasteiger partial charge in [-0.05, 0) is 17.7 Å². The highest BCUT2D eigenvalue weighted by Crippen LogP contribution is 2.30. The van der Waals surface area contributed by atoms with Crippen molar-refractivity contribution in [3.05, 3.63) is 57.0 Å². The van der Waals surface area contributed by atoms with Crippen LogP contribution in [0.5, 0.6) is 0 Å². The highest BCUT2D eigenvalue weighted by Gasteiger charge is 2.19. The molecule has 0 unspecified atom stereocenters. The van der Waals surface area contributed by atoms with Gasteiger partial charge in [-0.25, -0.2) is 4.79 Å². The van der Waals surface area contributed by atoms with E-state index in [1.54, 1.807) is 6.92 Å². The Morgan fingerprint density at radius 2 is 1.95 bits per heavy atom. The Morgan fingerprint density at radius 3 is 2.76 bits per heavy atom. The van der Waals surface area contributed by atoms with Crippen LogP contribution < -0.4 is 4.87 Å². The molecule has 0 aliphatic heterocycles. The number of esters is 1. The van der Waals surface area contributed by atoms with Crippen LogP contribution in [0.3, 0.4) is 0 Å². The average molecular weight is 299 g/mol. The van der Waals surface area contributed by atoms with Crippen molar-refractivity contribution < 1.29 is 9.53 Å². The predicted molar refractivity (Wildman–Crippen MR) is 83.8 cm³/mol. The molecule has 3 aromatic rings. The van der Waals surface area contributed by atoms with Gasteiger partial charge in [0, 0.05) is 5.56 Å². The van der Waals surface area contributed by atoms with Crippen molar-refractivity contribution in [1.29, 1.82) is 0 Å². The molecule has 0 bridgehead atoms. The molecule has 1 N–H and O–H groups in total. The van der Waals surface area contributed by atoms with Crippen LogP contribution in [0.25, 0.3) is 22.0 Å². The lowest BCUT2D eigenvalue weighted by atomic mass is 10.0. The number of fused-ring (bicyclic) bond motifs is 1. The number of benzene rings is 2. The number of nitrogens with one attached hydrogen (secondary N) is 1. The van der Waals surface area contributed by atoms with E-state index >= 15 is 0 Å². The van der Waals surface area contributed by atoms with Crippen molar-refractivity contribution in [2.75, 3.05) is 6.61 Å². The van der Waals surface area contributed by atoms with Gasteiger partial charge in [0.2, 0.25) is 0 Å². The molecule has 21 heavy (non-hydrogen) atoms. The molecule has 1 heterocycles. The number of hydrogen-bond acceptors (Lipinski definition) is 4. The van der Waals surface area contributed by atoms with Crippen LogP contribution in [-0.4, -0.2) is 17.6 Å². The zero-order valence-electron chi connectivity index (χ0n) is 11.4. The maximum absolute atomic E-state index is 12.0. The summed E-state index contributed by atoms with van der Waals surface area (Å²) in [6.07, 6.45) is 0. The number of aromatic amines is 1. The quantitative estimate of drug-likeness (QED) is 0.754. The van der Waals surface area contributed by atoms with Crippen LogP contribution in [0.4, 0.5) is 0 Å². The van der Waals surface area contributed by atoms with Gasteiger partial charge < -0.3 is 9.72 Å². The summed E-state index contributed by atoms with van der Waals surface area (Å²) in [7, 11) is 0. The van der Waals surface area contributed by atoms with Gasteiger partial charge in [0.1, 0.15) is 4.88 Å². The molecule has 0 atom stereocenters. The monoisotopic (exact) mass is 299 g/mol. The fourth-order valence-corrected chi connectivity index (χ4v) is 3.05. The normalized spacial score (nSPS) is 10.7. The van der Waals surface area contributed by atoms with Crippen LogP contribution in [-0.2, 0) is 4.74 Å². The van der Waals surface area contributed by atoms with Gasteiger partial charge >= 0.3 is 10.8 Å². The molecule has 0 saturated heterocycles. The molecule has 4 nitrogen and oxygen atoms in total. The van der Waals surface area contributed by atoms with Gasteiger partial charge in [-0.2, -0.15) is 0 Å². The number of carbonyl (C=O) groups is 1. The Balaban J connectivity index is 2.24. The number of aromatic nitrogens is 1. The van der Waals surface area contributed by atoms with E-state index in [1.807, 2.05) is 42.5 Å². The highest BCUT2D eigenvalue weighted by atomic mass is 32.1. The lowest BCUT2D eigenvalue weighted by molar-refractivity contribution is 0.0532. The third-order valence-corrected chi connectivity index (χ3v) is 4.03. The molecule has 0 aliphatic rings. The maximum atomic E-state index is 12.0. The molecule has 0 amide bonds. The third-order valence-electron chi connectivity index (χ3n) is 3.17. The van der Waals surface area contributed by atoms with Gasteiger partial charge in [0.05, 0.1) is 12.3 Å². The van der Waals surface area contributed by atoms with Crippen LogP contribution in [0.15, 0.2) is 47.3 Å². The Hall–Kier alpha value is -2.40. The van der Waals surface area contributed by atoms with Crippen molar-refractivity contribution >= 4 is 28.1 Å². The number of H-pyrrole nitrogens is 1. The smallest absolute Gasteiger partial charge is 0.350 e. The molecule has 0 radical (unpaired) electrons. The number of rotatable bonds is 3. The Bertz CT molecular complexity index is 858. The van der Waals surface area contributed by atoms with Crippen molar-refractivity contribution in [3.63, 3.8) is 0 Å². The van der Waals surface area contributed by atoms with E-state index in [0.717, 1.165) is 27.7 Å². The van der Waals surface area contributed by atoms with Crippen molar-refractivity contribution in [3.8, 4) is 11.3 Å². The Morgan fingerprint density at radius 1 is 1.19 bits per heavy atom. The second-order valence-corrected chi connectivity index (χ2v) is 5.45. The molecule has 0 fully saturated rings. The van der Waals surface area contributed by atoms with Crippen LogP contribution in [0.2, 0.25) is 0 Å². The van der Waals surface area contributed by atoms with E-state index in [1.165, 1.54) is 0 Å². The predicted octanol–water partition coefficient (Wildman–Crippen LogP) is 3.43. The first-order chi connectivity index (χ1) is 10.2. The molecule has 1 aromatic heterocycles. The number of carbonyl (C=O) groups excluding carboxylic acids is 1. The van der Waals surface area contributed by atoms with E-state index in [-0.39, 0.29) is 11.5 Å². The second kappa shape index (κ2) is 5.54. The molecular weight excluding hydrogens is 286 g/mol. The Kier molecular flexibility index (Phi) is 3.58. The van der Waals surface area contributed by atoms with Gasteiger partial charge in [0.25, 0.3) is 0 Å². The lowest BCUT2D eigenvalue weighted by Crippen LogP contribution is -2.04. The first kappa shape index (κ1) is 13.6. The van der Waals surface area contributed by atoms with Crippen LogP contribution in [0.1, 0.15) is 16.6 Å².